The van der Waals surface area contributed by atoms with Crippen LogP contribution in [0, 0.1) is 12.7 Å². The van der Waals surface area contributed by atoms with Gasteiger partial charge in [0.1, 0.15) is 5.82 Å². The minimum atomic E-state index is -0.228. The summed E-state index contributed by atoms with van der Waals surface area (Å²) in [6.07, 6.45) is 2.90. The van der Waals surface area contributed by atoms with E-state index in [2.05, 4.69) is 22.6 Å². The minimum absolute atomic E-state index is 0.228. The first-order valence-corrected chi connectivity index (χ1v) is 6.09. The Morgan fingerprint density at radius 2 is 2.22 bits per heavy atom. The molecular weight excluding hydrogens is 231 g/mol. The van der Waals surface area contributed by atoms with Crippen molar-refractivity contribution in [1.82, 2.24) is 20.3 Å². The normalized spacial score (nSPS) is 10.8. The molecule has 2 aromatic rings. The van der Waals surface area contributed by atoms with Crippen molar-refractivity contribution in [3.63, 3.8) is 0 Å². The van der Waals surface area contributed by atoms with E-state index in [-0.39, 0.29) is 5.82 Å². The monoisotopic (exact) mass is 248 g/mol. The van der Waals surface area contributed by atoms with E-state index in [1.807, 2.05) is 12.3 Å². The highest BCUT2D eigenvalue weighted by Crippen LogP contribution is 2.15. The molecule has 0 unspecified atom stereocenters. The molecule has 0 fully saturated rings. The van der Waals surface area contributed by atoms with Gasteiger partial charge in [-0.25, -0.2) is 9.07 Å². The minimum Gasteiger partial charge on any atom is -0.311 e. The zero-order chi connectivity index (χ0) is 13.0. The summed E-state index contributed by atoms with van der Waals surface area (Å²) in [5.41, 5.74) is 2.16. The number of halogens is 1. The molecule has 18 heavy (non-hydrogen) atoms. The largest absolute Gasteiger partial charge is 0.311 e. The Kier molecular flexibility index (Phi) is 4.04. The molecule has 0 radical (unpaired) electrons. The zero-order valence-electron chi connectivity index (χ0n) is 10.7. The first-order chi connectivity index (χ1) is 8.72. The molecule has 1 heterocycles. The molecule has 2 rings (SSSR count). The number of nitrogens with zero attached hydrogens (tertiary/aromatic N) is 3. The smallest absolute Gasteiger partial charge is 0.128 e. The molecule has 5 heteroatoms. The summed E-state index contributed by atoms with van der Waals surface area (Å²) in [7, 11) is 0. The molecule has 0 aliphatic rings. The Hall–Kier alpha value is -1.75. The fraction of sp³-hybridized carbons (Fsp3) is 0.385. The van der Waals surface area contributed by atoms with E-state index in [1.165, 1.54) is 6.07 Å². The van der Waals surface area contributed by atoms with Crippen LogP contribution in [0.4, 0.5) is 4.39 Å². The van der Waals surface area contributed by atoms with Crippen molar-refractivity contribution < 1.29 is 4.39 Å². The van der Waals surface area contributed by atoms with Crippen molar-refractivity contribution in [2.75, 3.05) is 6.54 Å². The van der Waals surface area contributed by atoms with Crippen LogP contribution in [0.25, 0.3) is 5.69 Å². The Bertz CT molecular complexity index is 521. The standard InChI is InChI=1S/C13H17FN4/c1-3-7-15-8-11-9-18(17-16-11)13-6-4-5-12(14)10(13)2/h4-6,9,15H,3,7-8H2,1-2H3. The Morgan fingerprint density at radius 1 is 1.39 bits per heavy atom. The Morgan fingerprint density at radius 3 is 3.00 bits per heavy atom. The van der Waals surface area contributed by atoms with E-state index in [0.717, 1.165) is 24.3 Å². The second-order valence-corrected chi connectivity index (χ2v) is 4.22. The lowest BCUT2D eigenvalue weighted by Gasteiger charge is -2.04. The Labute approximate surface area is 106 Å². The topological polar surface area (TPSA) is 42.7 Å². The van der Waals surface area contributed by atoms with Gasteiger partial charge >= 0.3 is 0 Å². The molecule has 0 saturated carbocycles. The SMILES string of the molecule is CCCNCc1cn(-c2cccc(F)c2C)nn1. The molecule has 4 nitrogen and oxygen atoms in total. The van der Waals surface area contributed by atoms with Crippen LogP contribution in [-0.4, -0.2) is 21.5 Å². The van der Waals surface area contributed by atoms with E-state index >= 15 is 0 Å². The summed E-state index contributed by atoms with van der Waals surface area (Å²) in [6, 6.07) is 4.95. The van der Waals surface area contributed by atoms with Gasteiger partial charge in [0, 0.05) is 12.1 Å². The molecule has 1 aromatic heterocycles. The van der Waals surface area contributed by atoms with Gasteiger partial charge in [-0.05, 0) is 32.0 Å². The van der Waals surface area contributed by atoms with Gasteiger partial charge < -0.3 is 5.32 Å². The van der Waals surface area contributed by atoms with Gasteiger partial charge in [-0.15, -0.1) is 5.10 Å². The average Bonchev–Trinajstić information content (AvgIpc) is 2.82. The molecular formula is C13H17FN4. The number of hydrogen-bond acceptors (Lipinski definition) is 3. The third-order valence-electron chi connectivity index (χ3n) is 2.76. The number of nitrogens with one attached hydrogen (secondary N) is 1. The van der Waals surface area contributed by atoms with E-state index < -0.39 is 0 Å². The van der Waals surface area contributed by atoms with Crippen LogP contribution < -0.4 is 5.32 Å². The highest BCUT2D eigenvalue weighted by Gasteiger charge is 2.07. The van der Waals surface area contributed by atoms with Crippen LogP contribution in [0.1, 0.15) is 24.6 Å². The number of hydrogen-bond donors (Lipinski definition) is 1. The maximum atomic E-state index is 13.4. The molecule has 0 saturated heterocycles. The van der Waals surface area contributed by atoms with Crippen molar-refractivity contribution >= 4 is 0 Å². The van der Waals surface area contributed by atoms with Crippen LogP contribution >= 0.6 is 0 Å². The molecule has 0 aliphatic carbocycles. The van der Waals surface area contributed by atoms with Gasteiger partial charge in [0.2, 0.25) is 0 Å². The molecule has 1 N–H and O–H groups in total. The maximum absolute atomic E-state index is 13.4. The zero-order valence-corrected chi connectivity index (χ0v) is 10.7. The fourth-order valence-electron chi connectivity index (χ4n) is 1.73. The van der Waals surface area contributed by atoms with Gasteiger partial charge in [0.15, 0.2) is 0 Å². The highest BCUT2D eigenvalue weighted by molar-refractivity contribution is 5.40. The van der Waals surface area contributed by atoms with Crippen molar-refractivity contribution in [1.29, 1.82) is 0 Å². The van der Waals surface area contributed by atoms with E-state index in [0.29, 0.717) is 12.1 Å². The number of rotatable bonds is 5. The van der Waals surface area contributed by atoms with E-state index in [1.54, 1.807) is 17.7 Å². The molecule has 0 bridgehead atoms. The summed E-state index contributed by atoms with van der Waals surface area (Å²) < 4.78 is 15.1. The molecule has 0 atom stereocenters. The van der Waals surface area contributed by atoms with Gasteiger partial charge in [-0.3, -0.25) is 0 Å². The van der Waals surface area contributed by atoms with Crippen molar-refractivity contribution in [2.24, 2.45) is 0 Å². The van der Waals surface area contributed by atoms with E-state index in [9.17, 15) is 4.39 Å². The molecule has 1 aromatic carbocycles. The first kappa shape index (κ1) is 12.7. The maximum Gasteiger partial charge on any atom is 0.128 e. The second-order valence-electron chi connectivity index (χ2n) is 4.22. The van der Waals surface area contributed by atoms with Gasteiger partial charge in [-0.1, -0.05) is 18.2 Å². The first-order valence-electron chi connectivity index (χ1n) is 6.09. The van der Waals surface area contributed by atoms with Crippen LogP contribution in [0.3, 0.4) is 0 Å². The quantitative estimate of drug-likeness (QED) is 0.825. The summed E-state index contributed by atoms with van der Waals surface area (Å²) in [6.45, 7) is 5.48. The summed E-state index contributed by atoms with van der Waals surface area (Å²) in [5, 5.41) is 11.3. The summed E-state index contributed by atoms with van der Waals surface area (Å²) in [4.78, 5) is 0. The lowest BCUT2D eigenvalue weighted by atomic mass is 10.2. The van der Waals surface area contributed by atoms with Gasteiger partial charge in [0.05, 0.1) is 17.6 Å². The summed E-state index contributed by atoms with van der Waals surface area (Å²) >= 11 is 0. The third kappa shape index (κ3) is 2.73. The summed E-state index contributed by atoms with van der Waals surface area (Å²) in [5.74, 6) is -0.228. The fourth-order valence-corrected chi connectivity index (χ4v) is 1.73. The van der Waals surface area contributed by atoms with E-state index in [4.69, 9.17) is 0 Å². The lowest BCUT2D eigenvalue weighted by molar-refractivity contribution is 0.614. The Balaban J connectivity index is 2.16. The number of aromatic nitrogens is 3. The van der Waals surface area contributed by atoms with Gasteiger partial charge in [0.25, 0.3) is 0 Å². The lowest BCUT2D eigenvalue weighted by Crippen LogP contribution is -2.13. The van der Waals surface area contributed by atoms with Crippen LogP contribution in [-0.2, 0) is 6.54 Å². The van der Waals surface area contributed by atoms with Crippen molar-refractivity contribution in [3.8, 4) is 5.69 Å². The highest BCUT2D eigenvalue weighted by atomic mass is 19.1. The van der Waals surface area contributed by atoms with Crippen LogP contribution in [0.2, 0.25) is 0 Å². The molecule has 0 amide bonds. The van der Waals surface area contributed by atoms with Crippen LogP contribution in [0.5, 0.6) is 0 Å². The third-order valence-corrected chi connectivity index (χ3v) is 2.76. The average molecular weight is 248 g/mol. The van der Waals surface area contributed by atoms with Crippen LogP contribution in [0.15, 0.2) is 24.4 Å². The van der Waals surface area contributed by atoms with Crippen molar-refractivity contribution in [2.45, 2.75) is 26.8 Å². The van der Waals surface area contributed by atoms with Crippen molar-refractivity contribution in [3.05, 3.63) is 41.5 Å². The molecule has 0 aliphatic heterocycles. The molecule has 0 spiro atoms. The second kappa shape index (κ2) is 5.73. The predicted molar refractivity (Wildman–Crippen MR) is 68.1 cm³/mol. The van der Waals surface area contributed by atoms with Gasteiger partial charge in [-0.2, -0.15) is 0 Å². The number of benzene rings is 1. The molecule has 96 valence electrons. The predicted octanol–water partition coefficient (Wildman–Crippen LogP) is 2.21.